The molecule has 0 atom stereocenters. The van der Waals surface area contributed by atoms with Crippen molar-refractivity contribution in [2.24, 2.45) is 0 Å². The zero-order chi connectivity index (χ0) is 41.6. The predicted molar refractivity (Wildman–Crippen MR) is 252 cm³/mol. The van der Waals surface area contributed by atoms with E-state index in [1.165, 1.54) is 86.7 Å². The Morgan fingerprint density at radius 3 is 1.06 bits per heavy atom. The van der Waals surface area contributed by atoms with E-state index < -0.39 is 0 Å². The van der Waals surface area contributed by atoms with Crippen LogP contribution in [0.2, 0.25) is 0 Å². The van der Waals surface area contributed by atoms with Crippen LogP contribution in [-0.2, 0) is 0 Å². The van der Waals surface area contributed by atoms with Crippen molar-refractivity contribution in [3.8, 4) is 11.4 Å². The number of nitrogens with zero attached hydrogens (tertiary/aromatic N) is 4. The van der Waals surface area contributed by atoms with Crippen LogP contribution in [0.15, 0.2) is 109 Å². The van der Waals surface area contributed by atoms with Crippen molar-refractivity contribution in [3.63, 3.8) is 0 Å². The second-order valence-corrected chi connectivity index (χ2v) is 16.7. The number of fused-ring (bicyclic) bond motifs is 4. The molecule has 0 saturated heterocycles. The van der Waals surface area contributed by atoms with E-state index in [1.54, 1.807) is 0 Å². The lowest BCUT2D eigenvalue weighted by molar-refractivity contribution is -0.538. The molecule has 10 heteroatoms. The van der Waals surface area contributed by atoms with E-state index >= 15 is 0 Å². The molecule has 6 N–H and O–H groups in total. The van der Waals surface area contributed by atoms with Gasteiger partial charge >= 0.3 is 0 Å². The highest BCUT2D eigenvalue weighted by atomic mass is 35.5. The summed E-state index contributed by atoms with van der Waals surface area (Å²) in [5, 5.41) is 7.50. The van der Waals surface area contributed by atoms with Gasteiger partial charge in [0.2, 0.25) is 33.4 Å². The van der Waals surface area contributed by atoms with E-state index in [0.717, 1.165) is 91.1 Å². The van der Waals surface area contributed by atoms with Crippen LogP contribution in [0.1, 0.15) is 86.5 Å². The number of hydrogen-bond donors (Lipinski definition) is 4. The van der Waals surface area contributed by atoms with Gasteiger partial charge in [0.1, 0.15) is 22.1 Å². The molecular weight excluding hydrogens is 808 g/mol. The Morgan fingerprint density at radius 1 is 0.403 bits per heavy atom. The maximum absolute atomic E-state index is 6.40. The Morgan fingerprint density at radius 2 is 0.710 bits per heavy atom. The number of rotatable bonds is 17. The lowest BCUT2D eigenvalue weighted by atomic mass is 10.1. The number of anilines is 4. The van der Waals surface area contributed by atoms with Crippen LogP contribution in [0.5, 0.6) is 0 Å². The van der Waals surface area contributed by atoms with Gasteiger partial charge < -0.3 is 46.9 Å². The number of aryl methyl sites for hydroxylation is 4. The van der Waals surface area contributed by atoms with Crippen molar-refractivity contribution in [2.75, 3.05) is 35.2 Å². The zero-order valence-electron chi connectivity index (χ0n) is 36.6. The van der Waals surface area contributed by atoms with Crippen molar-refractivity contribution >= 4 is 66.9 Å². The number of nitrogen functional groups attached to an aromatic ring is 2. The lowest BCUT2D eigenvalue weighted by Gasteiger charge is -2.12. The molecule has 8 aromatic rings. The van der Waals surface area contributed by atoms with E-state index in [1.807, 2.05) is 13.8 Å². The van der Waals surface area contributed by atoms with Gasteiger partial charge in [0, 0.05) is 84.4 Å². The highest BCUT2D eigenvalue weighted by Crippen LogP contribution is 2.28. The van der Waals surface area contributed by atoms with Gasteiger partial charge in [0.25, 0.3) is 0 Å². The molecule has 62 heavy (non-hydrogen) atoms. The van der Waals surface area contributed by atoms with Gasteiger partial charge in [-0.3, -0.25) is 0 Å². The minimum atomic E-state index is 0. The maximum atomic E-state index is 6.40. The fourth-order valence-electron chi connectivity index (χ4n) is 8.55. The number of para-hydroxylation sites is 2. The summed E-state index contributed by atoms with van der Waals surface area (Å²) >= 11 is 0. The van der Waals surface area contributed by atoms with Gasteiger partial charge in [-0.15, -0.1) is 9.13 Å². The molecule has 6 aromatic carbocycles. The smallest absolute Gasteiger partial charge is 0.239 e. The lowest BCUT2D eigenvalue weighted by Crippen LogP contribution is -3.00. The van der Waals surface area contributed by atoms with Gasteiger partial charge in [-0.25, -0.2) is 9.97 Å². The first-order valence-electron chi connectivity index (χ1n) is 22.0. The summed E-state index contributed by atoms with van der Waals surface area (Å²) in [5.41, 5.74) is 31.5. The van der Waals surface area contributed by atoms with Crippen LogP contribution in [0.4, 0.5) is 22.7 Å². The molecule has 0 aliphatic heterocycles. The molecule has 0 saturated carbocycles. The molecule has 0 aliphatic rings. The van der Waals surface area contributed by atoms with Gasteiger partial charge in [-0.2, -0.15) is 0 Å². The fourth-order valence-corrected chi connectivity index (χ4v) is 8.55. The number of unbranched alkanes of at least 4 members (excludes halogenated alkanes) is 9. The molecule has 2 aromatic heterocycles. The van der Waals surface area contributed by atoms with Gasteiger partial charge in [-0.1, -0.05) is 87.8 Å². The summed E-state index contributed by atoms with van der Waals surface area (Å²) in [5.74, 6) is 0. The molecule has 8 nitrogen and oxygen atoms in total. The second kappa shape index (κ2) is 20.9. The average molecular weight is 868 g/mol. The van der Waals surface area contributed by atoms with Gasteiger partial charge in [-0.05, 0) is 87.1 Å². The SMILES string of the molecule is Cc1cc2nc3cc(C)c(NCCCCCCCCCCCCNc4cc5c(cc4C)nc4cc(C)c(N)cc4[n+]5-c4ccccc4)cc3[n+](-c3ccccc3)c2cc1N.[Cl-].[Cl-]. The van der Waals surface area contributed by atoms with Crippen molar-refractivity contribution in [3.05, 3.63) is 131 Å². The second-order valence-electron chi connectivity index (χ2n) is 16.7. The molecule has 0 unspecified atom stereocenters. The number of aromatic nitrogens is 4. The average Bonchev–Trinajstić information content (AvgIpc) is 3.24. The topological polar surface area (TPSA) is 110 Å². The standard InChI is InChI=1S/C52H58N8.2ClH/c1-35-27-45-49(31-41(35)53)59(39-21-15-13-16-22-39)51-33-43(37(3)29-47(51)57-45)55-25-19-11-9-7-5-6-8-10-12-20-26-56-44-34-52-48(30-38(44)4)58-46-28-36(2)42(54)32-50(46)60(52)40-23-17-14-18-24-40;;/h13-18,21-24,27-34H,5-12,19-20,25-26H2,1-4H3,(H4,53,54,55,56);2*1H. The largest absolute Gasteiger partial charge is 1.00 e. The summed E-state index contributed by atoms with van der Waals surface area (Å²) in [6.07, 6.45) is 12.7. The number of halogens is 2. The van der Waals surface area contributed by atoms with E-state index in [9.17, 15) is 0 Å². The molecule has 0 spiro atoms. The molecule has 2 heterocycles. The Hall–Kier alpha value is -5.70. The fraction of sp³-hybridized carbons (Fsp3) is 0.308. The van der Waals surface area contributed by atoms with Crippen LogP contribution in [0, 0.1) is 27.7 Å². The number of benzene rings is 6. The normalized spacial score (nSPS) is 11.2. The van der Waals surface area contributed by atoms with E-state index in [-0.39, 0.29) is 24.8 Å². The highest BCUT2D eigenvalue weighted by Gasteiger charge is 2.23. The molecule has 8 rings (SSSR count). The monoisotopic (exact) mass is 866 g/mol. The van der Waals surface area contributed by atoms with E-state index in [4.69, 9.17) is 21.4 Å². The van der Waals surface area contributed by atoms with Crippen LogP contribution in [0.3, 0.4) is 0 Å². The molecule has 0 aliphatic carbocycles. The first kappa shape index (κ1) is 45.8. The van der Waals surface area contributed by atoms with E-state index in [0.29, 0.717) is 0 Å². The Balaban J connectivity index is 0.00000321. The summed E-state index contributed by atoms with van der Waals surface area (Å²) in [6.45, 7) is 10.4. The third-order valence-electron chi connectivity index (χ3n) is 12.1. The van der Waals surface area contributed by atoms with Gasteiger partial charge in [0.15, 0.2) is 0 Å². The molecule has 0 amide bonds. The Kier molecular flexibility index (Phi) is 15.5. The molecule has 322 valence electrons. The summed E-state index contributed by atoms with van der Waals surface area (Å²) in [6, 6.07) is 38.3. The van der Waals surface area contributed by atoms with Crippen molar-refractivity contribution in [1.82, 2.24) is 9.97 Å². The van der Waals surface area contributed by atoms with E-state index in [2.05, 4.69) is 143 Å². The first-order valence-corrected chi connectivity index (χ1v) is 22.0. The number of nitrogens with one attached hydrogen (secondary N) is 2. The quantitative estimate of drug-likeness (QED) is 0.0419. The third kappa shape index (κ3) is 10.1. The first-order chi connectivity index (χ1) is 29.2. The Bertz CT molecular complexity index is 2600. The molecule has 0 radical (unpaired) electrons. The van der Waals surface area contributed by atoms with Crippen LogP contribution in [-0.4, -0.2) is 23.1 Å². The number of hydrogen-bond acceptors (Lipinski definition) is 6. The van der Waals surface area contributed by atoms with Crippen LogP contribution >= 0.6 is 0 Å². The van der Waals surface area contributed by atoms with Crippen molar-refractivity contribution in [1.29, 1.82) is 0 Å². The van der Waals surface area contributed by atoms with Crippen molar-refractivity contribution < 1.29 is 33.9 Å². The molecular formula is C52H60Cl2N8. The predicted octanol–water partition coefficient (Wildman–Crippen LogP) is 5.47. The maximum Gasteiger partial charge on any atom is 0.239 e. The van der Waals surface area contributed by atoms with Crippen molar-refractivity contribution in [2.45, 2.75) is 91.9 Å². The zero-order valence-corrected chi connectivity index (χ0v) is 38.1. The summed E-state index contributed by atoms with van der Waals surface area (Å²) in [4.78, 5) is 10.1. The molecule has 0 bridgehead atoms. The highest BCUT2D eigenvalue weighted by molar-refractivity contribution is 5.88. The number of nitrogens with two attached hydrogens (primary N) is 2. The molecule has 0 fully saturated rings. The van der Waals surface area contributed by atoms with Gasteiger partial charge in [0.05, 0.1) is 0 Å². The Labute approximate surface area is 379 Å². The summed E-state index contributed by atoms with van der Waals surface area (Å²) < 4.78 is 4.58. The minimum Gasteiger partial charge on any atom is -1.00 e. The third-order valence-corrected chi connectivity index (χ3v) is 12.1. The van der Waals surface area contributed by atoms with Crippen LogP contribution in [0.25, 0.3) is 55.5 Å². The minimum absolute atomic E-state index is 0. The van der Waals surface area contributed by atoms with Crippen LogP contribution < -0.4 is 56.0 Å². The summed E-state index contributed by atoms with van der Waals surface area (Å²) in [7, 11) is 0.